The molecule has 32 heavy (non-hydrogen) atoms. The quantitative estimate of drug-likeness (QED) is 0.326. The van der Waals surface area contributed by atoms with E-state index in [0.29, 0.717) is 29.3 Å². The van der Waals surface area contributed by atoms with E-state index in [1.165, 1.54) is 0 Å². The van der Waals surface area contributed by atoms with E-state index < -0.39 is 0 Å². The summed E-state index contributed by atoms with van der Waals surface area (Å²) in [6, 6.07) is 7.79. The highest BCUT2D eigenvalue weighted by Gasteiger charge is 2.21. The van der Waals surface area contributed by atoms with Gasteiger partial charge in [0.15, 0.2) is 10.9 Å². The van der Waals surface area contributed by atoms with Gasteiger partial charge in [0.25, 0.3) is 0 Å². The van der Waals surface area contributed by atoms with Crippen LogP contribution in [0.5, 0.6) is 0 Å². The Morgan fingerprint density at radius 2 is 1.94 bits per heavy atom. The molecular weight excluding hydrogens is 464 g/mol. The van der Waals surface area contributed by atoms with Crippen LogP contribution in [0, 0.1) is 0 Å². The van der Waals surface area contributed by atoms with Gasteiger partial charge in [-0.2, -0.15) is 0 Å². The minimum atomic E-state index is 0.462. The number of nitrogens with one attached hydrogen (secondary N) is 2. The topological polar surface area (TPSA) is 88.3 Å². The Morgan fingerprint density at radius 1 is 1.19 bits per heavy atom. The summed E-state index contributed by atoms with van der Waals surface area (Å²) in [5.74, 6) is 1.45. The maximum absolute atomic E-state index is 6.52. The molecule has 1 aromatic heterocycles. The van der Waals surface area contributed by atoms with Crippen molar-refractivity contribution in [1.82, 2.24) is 15.3 Å². The Labute approximate surface area is 202 Å². The number of thiocarbonyl (C=S) groups is 1. The zero-order valence-corrected chi connectivity index (χ0v) is 20.1. The van der Waals surface area contributed by atoms with Crippen LogP contribution in [0.25, 0.3) is 11.4 Å². The molecule has 1 aromatic carbocycles. The number of halogens is 1. The van der Waals surface area contributed by atoms with Gasteiger partial charge in [-0.05, 0) is 61.7 Å². The third-order valence-electron chi connectivity index (χ3n) is 5.19. The summed E-state index contributed by atoms with van der Waals surface area (Å²) in [4.78, 5) is 12.5. The summed E-state index contributed by atoms with van der Waals surface area (Å²) in [5.41, 5.74) is 9.40. The zero-order chi connectivity index (χ0) is 22.5. The van der Waals surface area contributed by atoms with Crippen LogP contribution in [0.15, 0.2) is 52.7 Å². The Balaban J connectivity index is 1.50. The van der Waals surface area contributed by atoms with Gasteiger partial charge in [-0.1, -0.05) is 17.7 Å². The van der Waals surface area contributed by atoms with Crippen molar-refractivity contribution in [2.75, 3.05) is 42.8 Å². The number of morpholine rings is 1. The van der Waals surface area contributed by atoms with E-state index in [0.717, 1.165) is 59.3 Å². The first-order valence-electron chi connectivity index (χ1n) is 10.3. The predicted molar refractivity (Wildman–Crippen MR) is 136 cm³/mol. The van der Waals surface area contributed by atoms with E-state index in [1.807, 2.05) is 36.6 Å². The molecule has 1 aliphatic carbocycles. The largest absolute Gasteiger partial charge is 0.397 e. The van der Waals surface area contributed by atoms with Gasteiger partial charge in [-0.25, -0.2) is 9.97 Å². The van der Waals surface area contributed by atoms with Crippen molar-refractivity contribution in [3.8, 4) is 11.4 Å². The number of aromatic nitrogens is 2. The number of benzene rings is 1. The van der Waals surface area contributed by atoms with Gasteiger partial charge >= 0.3 is 0 Å². The lowest BCUT2D eigenvalue weighted by Gasteiger charge is -2.29. The molecule has 1 fully saturated rings. The normalized spacial score (nSPS) is 16.2. The molecule has 10 heteroatoms. The van der Waals surface area contributed by atoms with Crippen LogP contribution in [0.2, 0.25) is 5.15 Å². The highest BCUT2D eigenvalue weighted by atomic mass is 35.5. The number of rotatable bonds is 5. The molecule has 7 nitrogen and oxygen atoms in total. The van der Waals surface area contributed by atoms with Crippen molar-refractivity contribution in [3.63, 3.8) is 0 Å². The van der Waals surface area contributed by atoms with Gasteiger partial charge in [-0.15, -0.1) is 11.8 Å². The van der Waals surface area contributed by atoms with Crippen LogP contribution < -0.4 is 21.3 Å². The maximum atomic E-state index is 6.52. The van der Waals surface area contributed by atoms with Crippen LogP contribution >= 0.6 is 35.6 Å². The minimum absolute atomic E-state index is 0.462. The monoisotopic (exact) mass is 488 g/mol. The number of nitrogens with two attached hydrogens (primary N) is 1. The van der Waals surface area contributed by atoms with Gasteiger partial charge < -0.3 is 26.0 Å². The molecule has 1 saturated heterocycles. The number of allylic oxidation sites excluding steroid dienone is 3. The number of thioether (sulfide) groups is 1. The molecule has 0 atom stereocenters. The highest BCUT2D eigenvalue weighted by Crippen LogP contribution is 2.35. The second kappa shape index (κ2) is 10.5. The molecule has 0 radical (unpaired) electrons. The fraction of sp³-hybridized carbons (Fsp3) is 0.318. The molecule has 0 saturated carbocycles. The van der Waals surface area contributed by atoms with Gasteiger partial charge in [0.2, 0.25) is 0 Å². The molecule has 1 aliphatic heterocycles. The summed E-state index contributed by atoms with van der Waals surface area (Å²) in [5, 5.41) is 7.35. The average Bonchev–Trinajstić information content (AvgIpc) is 2.81. The molecule has 0 amide bonds. The van der Waals surface area contributed by atoms with Crippen molar-refractivity contribution in [2.45, 2.75) is 17.7 Å². The summed E-state index contributed by atoms with van der Waals surface area (Å²) < 4.78 is 5.48. The van der Waals surface area contributed by atoms with Crippen molar-refractivity contribution in [1.29, 1.82) is 0 Å². The molecule has 2 heterocycles. The molecule has 0 spiro atoms. The Bertz CT molecular complexity index is 1050. The third kappa shape index (κ3) is 5.35. The Morgan fingerprint density at radius 3 is 2.62 bits per heavy atom. The number of hydrogen-bond donors (Lipinski definition) is 3. The molecule has 4 rings (SSSR count). The van der Waals surface area contributed by atoms with Crippen LogP contribution in [0.1, 0.15) is 12.8 Å². The average molecular weight is 489 g/mol. The first kappa shape index (κ1) is 22.8. The molecule has 168 valence electrons. The first-order valence-corrected chi connectivity index (χ1v) is 12.3. The lowest BCUT2D eigenvalue weighted by Crippen LogP contribution is -2.37. The van der Waals surface area contributed by atoms with Crippen molar-refractivity contribution < 1.29 is 4.74 Å². The van der Waals surface area contributed by atoms with Gasteiger partial charge in [0, 0.05) is 30.0 Å². The lowest BCUT2D eigenvalue weighted by atomic mass is 10.1. The molecule has 4 N–H and O–H groups in total. The van der Waals surface area contributed by atoms with Gasteiger partial charge in [0.05, 0.1) is 23.8 Å². The number of nitrogens with zero attached hydrogens (tertiary/aromatic N) is 3. The minimum Gasteiger partial charge on any atom is -0.397 e. The second-order valence-corrected chi connectivity index (χ2v) is 8.91. The van der Waals surface area contributed by atoms with E-state index in [1.54, 1.807) is 11.8 Å². The van der Waals surface area contributed by atoms with E-state index >= 15 is 0 Å². The lowest BCUT2D eigenvalue weighted by molar-refractivity contribution is 0.122. The summed E-state index contributed by atoms with van der Waals surface area (Å²) in [6.07, 6.45) is 7.74. The van der Waals surface area contributed by atoms with E-state index in [2.05, 4.69) is 26.6 Å². The fourth-order valence-electron chi connectivity index (χ4n) is 3.53. The third-order valence-corrected chi connectivity index (χ3v) is 6.57. The summed E-state index contributed by atoms with van der Waals surface area (Å²) in [7, 11) is 0. The maximum Gasteiger partial charge on any atom is 0.175 e. The Hall–Kier alpha value is -2.33. The predicted octanol–water partition coefficient (Wildman–Crippen LogP) is 4.16. The SMILES string of the molecule is CSc1c(Cl)nc(-c2ccc(NC(=S)NC3=C(N)C=CCC3)cc2)nc1N1CCOCC1. The second-order valence-electron chi connectivity index (χ2n) is 7.33. The molecule has 2 aliphatic rings. The molecule has 2 aromatic rings. The van der Waals surface area contributed by atoms with E-state index in [9.17, 15) is 0 Å². The first-order chi connectivity index (χ1) is 15.5. The van der Waals surface area contributed by atoms with Crippen LogP contribution in [0.4, 0.5) is 11.5 Å². The van der Waals surface area contributed by atoms with Crippen molar-refractivity contribution in [3.05, 3.63) is 53.0 Å². The number of hydrogen-bond acceptors (Lipinski definition) is 7. The standard InChI is InChI=1S/C22H25ClN6OS2/c1-32-18-19(23)27-20(28-21(18)29-10-12-30-13-11-29)14-6-8-15(9-7-14)25-22(31)26-17-5-3-2-4-16(17)24/h2,4,6-9H,3,5,10-13,24H2,1H3,(H2,25,26,31). The molecule has 0 unspecified atom stereocenters. The van der Waals surface area contributed by atoms with Crippen LogP contribution in [-0.4, -0.2) is 47.6 Å². The summed E-state index contributed by atoms with van der Waals surface area (Å²) >= 11 is 13.5. The van der Waals surface area contributed by atoms with Crippen LogP contribution in [0.3, 0.4) is 0 Å². The van der Waals surface area contributed by atoms with Crippen molar-refractivity contribution in [2.24, 2.45) is 5.73 Å². The van der Waals surface area contributed by atoms with Crippen LogP contribution in [-0.2, 0) is 4.74 Å². The van der Waals surface area contributed by atoms with Gasteiger partial charge in [0.1, 0.15) is 11.0 Å². The van der Waals surface area contributed by atoms with E-state index in [4.69, 9.17) is 39.3 Å². The van der Waals surface area contributed by atoms with Crippen molar-refractivity contribution >= 4 is 52.2 Å². The highest BCUT2D eigenvalue weighted by molar-refractivity contribution is 7.98. The summed E-state index contributed by atoms with van der Waals surface area (Å²) in [6.45, 7) is 2.92. The number of anilines is 2. The Kier molecular flexibility index (Phi) is 7.51. The van der Waals surface area contributed by atoms with Gasteiger partial charge in [-0.3, -0.25) is 0 Å². The van der Waals surface area contributed by atoms with E-state index in [-0.39, 0.29) is 0 Å². The smallest absolute Gasteiger partial charge is 0.175 e. The number of ether oxygens (including phenoxy) is 1. The zero-order valence-electron chi connectivity index (χ0n) is 17.7. The fourth-order valence-corrected chi connectivity index (χ4v) is 4.73. The molecule has 0 bridgehead atoms. The molecular formula is C22H25ClN6OS2.